The van der Waals surface area contributed by atoms with Crippen LogP contribution in [0.3, 0.4) is 0 Å². The molecule has 11 heteroatoms. The van der Waals surface area contributed by atoms with E-state index >= 15 is 0 Å². The Morgan fingerprint density at radius 3 is 2.62 bits per heavy atom. The second-order valence-electron chi connectivity index (χ2n) is 7.07. The lowest BCUT2D eigenvalue weighted by Gasteiger charge is -2.16. The highest BCUT2D eigenvalue weighted by atomic mass is 32.1. The third kappa shape index (κ3) is 3.70. The maximum Gasteiger partial charge on any atom is 0.435 e. The highest BCUT2D eigenvalue weighted by molar-refractivity contribution is 7.17. The Balaban J connectivity index is 1.59. The summed E-state index contributed by atoms with van der Waals surface area (Å²) in [5.41, 5.74) is 5.62. The molecular formula is C18H19F3N4O3S. The van der Waals surface area contributed by atoms with E-state index in [0.717, 1.165) is 40.8 Å². The van der Waals surface area contributed by atoms with Crippen molar-refractivity contribution in [3.05, 3.63) is 27.3 Å². The molecule has 7 nitrogen and oxygen atoms in total. The number of anilines is 1. The first-order chi connectivity index (χ1) is 13.8. The summed E-state index contributed by atoms with van der Waals surface area (Å²) in [6.45, 7) is -0.194. The molecule has 0 fully saturated rings. The monoisotopic (exact) mass is 428 g/mol. The average molecular weight is 428 g/mol. The number of carbonyl (C=O) groups excluding carboxylic acids is 2. The minimum absolute atomic E-state index is 0.0269. The van der Waals surface area contributed by atoms with Crippen LogP contribution >= 0.6 is 11.3 Å². The van der Waals surface area contributed by atoms with Crippen molar-refractivity contribution < 1.29 is 27.5 Å². The van der Waals surface area contributed by atoms with Gasteiger partial charge in [-0.1, -0.05) is 0 Å². The number of carbonyl (C=O) groups is 2. The van der Waals surface area contributed by atoms with E-state index in [4.69, 9.17) is 10.5 Å². The van der Waals surface area contributed by atoms with E-state index in [9.17, 15) is 22.8 Å². The molecule has 2 aromatic rings. The Morgan fingerprint density at radius 2 is 1.90 bits per heavy atom. The van der Waals surface area contributed by atoms with Gasteiger partial charge in [0.15, 0.2) is 5.69 Å². The van der Waals surface area contributed by atoms with E-state index in [-0.39, 0.29) is 24.5 Å². The maximum absolute atomic E-state index is 13.3. The van der Waals surface area contributed by atoms with Gasteiger partial charge in [-0.15, -0.1) is 11.3 Å². The van der Waals surface area contributed by atoms with E-state index < -0.39 is 30.2 Å². The minimum atomic E-state index is -4.63. The molecule has 3 heterocycles. The number of alkyl halides is 3. The number of fused-ring (bicyclic) bond motifs is 2. The second kappa shape index (κ2) is 7.36. The SMILES string of the molecule is NC(=O)c1c(NC(=O)Cn2nc(C(F)(F)F)c3c2OCCC3)sc2c1CCCC2. The molecule has 1 aliphatic heterocycles. The highest BCUT2D eigenvalue weighted by Gasteiger charge is 2.40. The van der Waals surface area contributed by atoms with Crippen LogP contribution in [0.15, 0.2) is 0 Å². The molecule has 0 atom stereocenters. The van der Waals surface area contributed by atoms with Crippen molar-refractivity contribution in [1.82, 2.24) is 9.78 Å². The summed E-state index contributed by atoms with van der Waals surface area (Å²) in [6.07, 6.45) is -0.518. The molecule has 156 valence electrons. The average Bonchev–Trinajstić information content (AvgIpc) is 3.20. The quantitative estimate of drug-likeness (QED) is 0.782. The lowest BCUT2D eigenvalue weighted by atomic mass is 9.95. The summed E-state index contributed by atoms with van der Waals surface area (Å²) < 4.78 is 46.1. The van der Waals surface area contributed by atoms with Crippen molar-refractivity contribution in [3.8, 4) is 5.88 Å². The molecule has 1 aliphatic carbocycles. The number of rotatable bonds is 4. The first-order valence-electron chi connectivity index (χ1n) is 9.29. The Kier molecular flexibility index (Phi) is 5.01. The lowest BCUT2D eigenvalue weighted by Crippen LogP contribution is -2.23. The molecule has 0 saturated heterocycles. The summed E-state index contributed by atoms with van der Waals surface area (Å²) in [5, 5.41) is 6.56. The number of amides is 2. The molecule has 0 saturated carbocycles. The molecular weight excluding hydrogens is 409 g/mol. The van der Waals surface area contributed by atoms with E-state index in [2.05, 4.69) is 10.4 Å². The fourth-order valence-corrected chi connectivity index (χ4v) is 5.15. The van der Waals surface area contributed by atoms with Gasteiger partial charge in [0.2, 0.25) is 11.8 Å². The molecule has 29 heavy (non-hydrogen) atoms. The van der Waals surface area contributed by atoms with Gasteiger partial charge in [0.1, 0.15) is 11.5 Å². The van der Waals surface area contributed by atoms with Crippen LogP contribution in [0.5, 0.6) is 5.88 Å². The number of primary amides is 1. The zero-order chi connectivity index (χ0) is 20.8. The Bertz CT molecular complexity index is 980. The number of thiophene rings is 1. The van der Waals surface area contributed by atoms with Gasteiger partial charge in [-0.05, 0) is 44.1 Å². The Morgan fingerprint density at radius 1 is 1.17 bits per heavy atom. The van der Waals surface area contributed by atoms with E-state index in [1.165, 1.54) is 11.3 Å². The van der Waals surface area contributed by atoms with Crippen LogP contribution in [-0.4, -0.2) is 28.2 Å². The van der Waals surface area contributed by atoms with Crippen molar-refractivity contribution in [2.75, 3.05) is 11.9 Å². The summed E-state index contributed by atoms with van der Waals surface area (Å²) in [6, 6.07) is 0. The van der Waals surface area contributed by atoms with Crippen LogP contribution in [0.4, 0.5) is 18.2 Å². The van der Waals surface area contributed by atoms with Crippen molar-refractivity contribution in [2.24, 2.45) is 5.73 Å². The molecule has 0 unspecified atom stereocenters. The smallest absolute Gasteiger partial charge is 0.435 e. The van der Waals surface area contributed by atoms with Crippen molar-refractivity contribution in [2.45, 2.75) is 51.2 Å². The van der Waals surface area contributed by atoms with Gasteiger partial charge in [-0.25, -0.2) is 4.68 Å². The number of nitrogens with zero attached hydrogens (tertiary/aromatic N) is 2. The van der Waals surface area contributed by atoms with Gasteiger partial charge < -0.3 is 15.8 Å². The lowest BCUT2D eigenvalue weighted by molar-refractivity contribution is -0.142. The zero-order valence-corrected chi connectivity index (χ0v) is 16.2. The molecule has 2 aliphatic rings. The Labute approximate surface area is 168 Å². The topological polar surface area (TPSA) is 99.2 Å². The second-order valence-corrected chi connectivity index (χ2v) is 8.17. The number of aromatic nitrogens is 2. The number of nitrogens with two attached hydrogens (primary N) is 1. The van der Waals surface area contributed by atoms with Crippen molar-refractivity contribution in [3.63, 3.8) is 0 Å². The van der Waals surface area contributed by atoms with Crippen LogP contribution in [0, 0.1) is 0 Å². The predicted octanol–water partition coefficient (Wildman–Crippen LogP) is 2.90. The van der Waals surface area contributed by atoms with Crippen molar-refractivity contribution in [1.29, 1.82) is 0 Å². The summed E-state index contributed by atoms with van der Waals surface area (Å²) in [7, 11) is 0. The molecule has 2 aromatic heterocycles. The van der Waals surface area contributed by atoms with Crippen LogP contribution < -0.4 is 15.8 Å². The van der Waals surface area contributed by atoms with Gasteiger partial charge >= 0.3 is 6.18 Å². The van der Waals surface area contributed by atoms with Gasteiger partial charge in [-0.3, -0.25) is 9.59 Å². The third-order valence-corrected chi connectivity index (χ3v) is 6.25. The number of ether oxygens (including phenoxy) is 1. The highest BCUT2D eigenvalue weighted by Crippen LogP contribution is 2.39. The number of hydrogen-bond acceptors (Lipinski definition) is 5. The van der Waals surface area contributed by atoms with E-state index in [0.29, 0.717) is 17.0 Å². The van der Waals surface area contributed by atoms with Gasteiger partial charge in [-0.2, -0.15) is 18.3 Å². The standard InChI is InChI=1S/C18H19F3N4O3S/c19-18(20,21)14-10-5-3-7-28-17(10)25(24-14)8-12(26)23-16-13(15(22)27)9-4-1-2-6-11(9)29-16/h1-8H2,(H2,22,27)(H,23,26). The molecule has 0 bridgehead atoms. The largest absolute Gasteiger partial charge is 0.478 e. The summed E-state index contributed by atoms with van der Waals surface area (Å²) in [5.74, 6) is -1.25. The normalized spacial score (nSPS) is 16.0. The predicted molar refractivity (Wildman–Crippen MR) is 99.2 cm³/mol. The van der Waals surface area contributed by atoms with Gasteiger partial charge in [0.05, 0.1) is 12.2 Å². The van der Waals surface area contributed by atoms with Crippen LogP contribution in [-0.2, 0) is 36.8 Å². The number of aryl methyl sites for hydroxylation is 1. The van der Waals surface area contributed by atoms with E-state index in [1.54, 1.807) is 0 Å². The molecule has 0 radical (unpaired) electrons. The third-order valence-electron chi connectivity index (χ3n) is 5.04. The zero-order valence-electron chi connectivity index (χ0n) is 15.4. The minimum Gasteiger partial charge on any atom is -0.478 e. The molecule has 3 N–H and O–H groups in total. The number of nitrogens with one attached hydrogen (secondary N) is 1. The first-order valence-corrected chi connectivity index (χ1v) is 10.1. The fourth-order valence-electron chi connectivity index (χ4n) is 3.84. The molecule has 4 rings (SSSR count). The summed E-state index contributed by atoms with van der Waals surface area (Å²) >= 11 is 1.29. The van der Waals surface area contributed by atoms with Crippen LogP contribution in [0.2, 0.25) is 0 Å². The Hall–Kier alpha value is -2.56. The van der Waals surface area contributed by atoms with E-state index in [1.807, 2.05) is 0 Å². The van der Waals surface area contributed by atoms with Crippen LogP contribution in [0.25, 0.3) is 0 Å². The molecule has 2 amide bonds. The van der Waals surface area contributed by atoms with Crippen molar-refractivity contribution >= 4 is 28.2 Å². The summed E-state index contributed by atoms with van der Waals surface area (Å²) in [4.78, 5) is 25.5. The first kappa shape index (κ1) is 19.7. The van der Waals surface area contributed by atoms with Gasteiger partial charge in [0.25, 0.3) is 5.91 Å². The van der Waals surface area contributed by atoms with Crippen LogP contribution in [0.1, 0.15) is 51.3 Å². The molecule has 0 aromatic carbocycles. The van der Waals surface area contributed by atoms with Gasteiger partial charge in [0, 0.05) is 10.4 Å². The number of hydrogen-bond donors (Lipinski definition) is 2. The molecule has 0 spiro atoms. The fraction of sp³-hybridized carbons (Fsp3) is 0.500. The number of halogens is 3. The maximum atomic E-state index is 13.3.